The van der Waals surface area contributed by atoms with Crippen molar-refractivity contribution in [3.05, 3.63) is 0 Å². The minimum Gasteiger partial charge on any atom is -0.374 e. The number of nitrogens with zero attached hydrogens (tertiary/aromatic N) is 1. The molecule has 1 unspecified atom stereocenters. The smallest absolute Gasteiger partial charge is 0.0826 e. The molecule has 1 heterocycles. The third-order valence-corrected chi connectivity index (χ3v) is 4.44. The van der Waals surface area contributed by atoms with E-state index in [-0.39, 0.29) is 0 Å². The van der Waals surface area contributed by atoms with Crippen molar-refractivity contribution in [2.24, 2.45) is 5.92 Å². The van der Waals surface area contributed by atoms with Gasteiger partial charge in [0.1, 0.15) is 0 Å². The van der Waals surface area contributed by atoms with Crippen molar-refractivity contribution >= 4 is 0 Å². The van der Waals surface area contributed by atoms with Gasteiger partial charge in [-0.05, 0) is 32.2 Å². The van der Waals surface area contributed by atoms with Gasteiger partial charge < -0.3 is 10.1 Å². The third kappa shape index (κ3) is 3.94. The molecule has 17 heavy (non-hydrogen) atoms. The van der Waals surface area contributed by atoms with Gasteiger partial charge in [0.2, 0.25) is 0 Å². The van der Waals surface area contributed by atoms with Crippen LogP contribution in [0.5, 0.6) is 0 Å². The minimum absolute atomic E-state index is 0.396. The summed E-state index contributed by atoms with van der Waals surface area (Å²) in [7, 11) is 0. The van der Waals surface area contributed by atoms with Crippen LogP contribution in [0.3, 0.4) is 0 Å². The molecule has 0 aromatic rings. The average molecular weight is 240 g/mol. The van der Waals surface area contributed by atoms with E-state index in [1.54, 1.807) is 0 Å². The lowest BCUT2D eigenvalue weighted by atomic mass is 10.00. The van der Waals surface area contributed by atoms with E-state index in [1.807, 2.05) is 0 Å². The number of nitrogens with one attached hydrogen (secondary N) is 1. The fraction of sp³-hybridized carbons (Fsp3) is 1.00. The molecular formula is C14H28N2O. The first-order valence-electron chi connectivity index (χ1n) is 7.37. The first-order chi connectivity index (χ1) is 8.29. The van der Waals surface area contributed by atoms with Crippen LogP contribution in [0, 0.1) is 5.92 Å². The second-order valence-electron chi connectivity index (χ2n) is 5.63. The van der Waals surface area contributed by atoms with Gasteiger partial charge in [0.25, 0.3) is 0 Å². The molecule has 3 heteroatoms. The highest BCUT2D eigenvalue weighted by atomic mass is 16.5. The van der Waals surface area contributed by atoms with E-state index >= 15 is 0 Å². The van der Waals surface area contributed by atoms with Crippen LogP contribution in [-0.4, -0.2) is 49.8 Å². The van der Waals surface area contributed by atoms with Gasteiger partial charge in [-0.15, -0.1) is 0 Å². The number of hydrogen-bond acceptors (Lipinski definition) is 3. The highest BCUT2D eigenvalue weighted by molar-refractivity contribution is 4.80. The Morgan fingerprint density at radius 2 is 2.12 bits per heavy atom. The molecule has 0 aromatic carbocycles. The number of morpholine rings is 1. The summed E-state index contributed by atoms with van der Waals surface area (Å²) in [5.74, 6) is 0.904. The molecule has 1 saturated heterocycles. The fourth-order valence-corrected chi connectivity index (χ4v) is 3.13. The molecule has 2 fully saturated rings. The number of likely N-dealkylation sites (N-methyl/N-ethyl adjacent to an activating group) is 1. The Bertz CT molecular complexity index is 216. The van der Waals surface area contributed by atoms with Gasteiger partial charge >= 0.3 is 0 Å². The lowest BCUT2D eigenvalue weighted by Crippen LogP contribution is -2.48. The Balaban J connectivity index is 1.66. The topological polar surface area (TPSA) is 24.5 Å². The zero-order valence-corrected chi connectivity index (χ0v) is 11.5. The van der Waals surface area contributed by atoms with Crippen molar-refractivity contribution in [3.63, 3.8) is 0 Å². The number of ether oxygens (including phenoxy) is 1. The van der Waals surface area contributed by atoms with E-state index < -0.39 is 0 Å². The van der Waals surface area contributed by atoms with E-state index in [9.17, 15) is 0 Å². The molecule has 0 spiro atoms. The molecule has 2 rings (SSSR count). The molecule has 0 aromatic heterocycles. The van der Waals surface area contributed by atoms with Crippen LogP contribution in [0.2, 0.25) is 0 Å². The van der Waals surface area contributed by atoms with Gasteiger partial charge in [-0.1, -0.05) is 19.8 Å². The van der Waals surface area contributed by atoms with Crippen LogP contribution >= 0.6 is 0 Å². The maximum atomic E-state index is 5.82. The van der Waals surface area contributed by atoms with Crippen molar-refractivity contribution in [2.45, 2.75) is 51.7 Å². The van der Waals surface area contributed by atoms with Crippen LogP contribution in [0.4, 0.5) is 0 Å². The second kappa shape index (κ2) is 6.72. The Hall–Kier alpha value is -0.120. The van der Waals surface area contributed by atoms with Crippen LogP contribution in [0.1, 0.15) is 39.5 Å². The van der Waals surface area contributed by atoms with Gasteiger partial charge in [0, 0.05) is 25.7 Å². The molecule has 1 N–H and O–H groups in total. The number of hydrogen-bond donors (Lipinski definition) is 1. The number of rotatable bonds is 5. The van der Waals surface area contributed by atoms with Crippen molar-refractivity contribution in [2.75, 3.05) is 32.8 Å². The normalized spacial score (nSPS) is 29.6. The van der Waals surface area contributed by atoms with E-state index in [4.69, 9.17) is 4.74 Å². The largest absolute Gasteiger partial charge is 0.374 e. The summed E-state index contributed by atoms with van der Waals surface area (Å²) in [5.41, 5.74) is 0. The van der Waals surface area contributed by atoms with Crippen molar-refractivity contribution in [3.8, 4) is 0 Å². The minimum atomic E-state index is 0.396. The Labute approximate surface area is 106 Å². The Kier molecular flexibility index (Phi) is 5.26. The monoisotopic (exact) mass is 240 g/mol. The molecule has 1 aliphatic heterocycles. The molecule has 2 atom stereocenters. The first kappa shape index (κ1) is 13.3. The van der Waals surface area contributed by atoms with E-state index in [0.29, 0.717) is 12.1 Å². The summed E-state index contributed by atoms with van der Waals surface area (Å²) in [4.78, 5) is 2.48. The zero-order chi connectivity index (χ0) is 12.1. The summed E-state index contributed by atoms with van der Waals surface area (Å²) < 4.78 is 5.82. The van der Waals surface area contributed by atoms with Gasteiger partial charge in [-0.3, -0.25) is 4.90 Å². The summed E-state index contributed by atoms with van der Waals surface area (Å²) >= 11 is 0. The summed E-state index contributed by atoms with van der Waals surface area (Å²) in [5, 5.41) is 3.69. The van der Waals surface area contributed by atoms with E-state index in [2.05, 4.69) is 24.1 Å². The van der Waals surface area contributed by atoms with Gasteiger partial charge in [-0.2, -0.15) is 0 Å². The van der Waals surface area contributed by atoms with Crippen LogP contribution < -0.4 is 5.32 Å². The average Bonchev–Trinajstić information content (AvgIpc) is 2.90. The SMILES string of the molecule is CCN1CCOC(CN[C@@H](C)C2CCCC2)C1. The van der Waals surface area contributed by atoms with Gasteiger partial charge in [0.15, 0.2) is 0 Å². The predicted molar refractivity (Wildman–Crippen MR) is 71.3 cm³/mol. The summed E-state index contributed by atoms with van der Waals surface area (Å²) in [6.07, 6.45) is 6.09. The predicted octanol–water partition coefficient (Wildman–Crippen LogP) is 1.88. The summed E-state index contributed by atoms with van der Waals surface area (Å²) in [6.45, 7) is 9.85. The van der Waals surface area contributed by atoms with Crippen LogP contribution in [0.25, 0.3) is 0 Å². The lowest BCUT2D eigenvalue weighted by Gasteiger charge is -2.33. The first-order valence-corrected chi connectivity index (χ1v) is 7.37. The standard InChI is InChI=1S/C14H28N2O/c1-3-16-8-9-17-14(11-16)10-15-12(2)13-6-4-5-7-13/h12-15H,3-11H2,1-2H3/t12-,14?/m0/s1. The Morgan fingerprint density at radius 3 is 2.82 bits per heavy atom. The molecular weight excluding hydrogens is 212 g/mol. The van der Waals surface area contributed by atoms with Gasteiger partial charge in [-0.25, -0.2) is 0 Å². The van der Waals surface area contributed by atoms with E-state index in [1.165, 1.54) is 25.7 Å². The highest BCUT2D eigenvalue weighted by Gasteiger charge is 2.23. The van der Waals surface area contributed by atoms with Crippen molar-refractivity contribution < 1.29 is 4.74 Å². The molecule has 0 radical (unpaired) electrons. The molecule has 0 amide bonds. The molecule has 1 aliphatic carbocycles. The zero-order valence-electron chi connectivity index (χ0n) is 11.5. The summed E-state index contributed by atoms with van der Waals surface area (Å²) in [6, 6.07) is 0.665. The molecule has 2 aliphatic rings. The molecule has 1 saturated carbocycles. The molecule has 0 bridgehead atoms. The van der Waals surface area contributed by atoms with Crippen molar-refractivity contribution in [1.29, 1.82) is 0 Å². The highest BCUT2D eigenvalue weighted by Crippen LogP contribution is 2.27. The third-order valence-electron chi connectivity index (χ3n) is 4.44. The maximum Gasteiger partial charge on any atom is 0.0826 e. The van der Waals surface area contributed by atoms with Crippen molar-refractivity contribution in [1.82, 2.24) is 10.2 Å². The molecule has 3 nitrogen and oxygen atoms in total. The molecule has 100 valence electrons. The maximum absolute atomic E-state index is 5.82. The van der Waals surface area contributed by atoms with Gasteiger partial charge in [0.05, 0.1) is 12.7 Å². The van der Waals surface area contributed by atoms with Crippen LogP contribution in [0.15, 0.2) is 0 Å². The van der Waals surface area contributed by atoms with E-state index in [0.717, 1.165) is 38.7 Å². The lowest BCUT2D eigenvalue weighted by molar-refractivity contribution is -0.0268. The quantitative estimate of drug-likeness (QED) is 0.794. The fourth-order valence-electron chi connectivity index (χ4n) is 3.13. The second-order valence-corrected chi connectivity index (χ2v) is 5.63. The Morgan fingerprint density at radius 1 is 1.35 bits per heavy atom. The van der Waals surface area contributed by atoms with Crippen LogP contribution in [-0.2, 0) is 4.74 Å².